The Morgan fingerprint density at radius 2 is 2.25 bits per heavy atom. The Bertz CT molecular complexity index is 429. The predicted octanol–water partition coefficient (Wildman–Crippen LogP) is 2.22. The minimum absolute atomic E-state index is 0.111. The van der Waals surface area contributed by atoms with Crippen molar-refractivity contribution >= 4 is 17.7 Å². The van der Waals surface area contributed by atoms with Crippen LogP contribution in [0.4, 0.5) is 4.39 Å². The van der Waals surface area contributed by atoms with Crippen LogP contribution in [0.15, 0.2) is 23.1 Å². The summed E-state index contributed by atoms with van der Waals surface area (Å²) in [4.78, 5) is 11.8. The first-order valence-electron chi connectivity index (χ1n) is 6.44. The van der Waals surface area contributed by atoms with Crippen molar-refractivity contribution in [1.29, 1.82) is 0 Å². The topological polar surface area (TPSA) is 47.6 Å². The highest BCUT2D eigenvalue weighted by Gasteiger charge is 2.11. The molecule has 0 fully saturated rings. The molecule has 0 aliphatic carbocycles. The summed E-state index contributed by atoms with van der Waals surface area (Å²) in [6.45, 7) is 3.90. The average molecular weight is 301 g/mol. The number of thioether (sulfide) groups is 1. The van der Waals surface area contributed by atoms with Crippen molar-refractivity contribution in [3.05, 3.63) is 29.6 Å². The van der Waals surface area contributed by atoms with Crippen LogP contribution in [-0.4, -0.2) is 38.6 Å². The predicted molar refractivity (Wildman–Crippen MR) is 77.3 cm³/mol. The van der Waals surface area contributed by atoms with Crippen LogP contribution in [0.1, 0.15) is 12.5 Å². The lowest BCUT2D eigenvalue weighted by Gasteiger charge is -2.11. The molecule has 6 heteroatoms. The average Bonchev–Trinajstić information content (AvgIpc) is 2.43. The van der Waals surface area contributed by atoms with E-state index in [1.165, 1.54) is 6.07 Å². The van der Waals surface area contributed by atoms with Gasteiger partial charge in [0, 0.05) is 25.1 Å². The fraction of sp³-hybridized carbons (Fsp3) is 0.500. The minimum Gasteiger partial charge on any atom is -0.465 e. The fourth-order valence-electron chi connectivity index (χ4n) is 1.59. The van der Waals surface area contributed by atoms with Crippen LogP contribution < -0.4 is 5.32 Å². The summed E-state index contributed by atoms with van der Waals surface area (Å²) in [5.41, 5.74) is 0.829. The number of hydrogen-bond acceptors (Lipinski definition) is 5. The molecule has 0 aliphatic heterocycles. The molecule has 1 aromatic carbocycles. The standard InChI is InChI=1S/C14H20FNO3S/c1-3-19-13(17)10-20-14-11(5-4-6-12(14)15)9-16-7-8-18-2/h4-6,16H,3,7-10H2,1-2H3. The number of hydrogen-bond donors (Lipinski definition) is 1. The van der Waals surface area contributed by atoms with Crippen LogP contribution >= 0.6 is 11.8 Å². The Balaban J connectivity index is 2.60. The van der Waals surface area contributed by atoms with Gasteiger partial charge >= 0.3 is 5.97 Å². The van der Waals surface area contributed by atoms with E-state index < -0.39 is 0 Å². The molecule has 0 bridgehead atoms. The van der Waals surface area contributed by atoms with Gasteiger partial charge in [-0.05, 0) is 18.6 Å². The highest BCUT2D eigenvalue weighted by atomic mass is 32.2. The number of ether oxygens (including phenoxy) is 2. The maximum absolute atomic E-state index is 13.8. The molecule has 0 unspecified atom stereocenters. The van der Waals surface area contributed by atoms with E-state index in [0.29, 0.717) is 31.2 Å². The van der Waals surface area contributed by atoms with Crippen LogP contribution in [-0.2, 0) is 20.8 Å². The molecule has 0 spiro atoms. The molecular weight excluding hydrogens is 281 g/mol. The van der Waals surface area contributed by atoms with Crippen molar-refractivity contribution in [2.45, 2.75) is 18.4 Å². The van der Waals surface area contributed by atoms with Crippen LogP contribution in [0.3, 0.4) is 0 Å². The molecule has 0 saturated heterocycles. The first-order chi connectivity index (χ1) is 9.69. The number of methoxy groups -OCH3 is 1. The van der Waals surface area contributed by atoms with Crippen molar-refractivity contribution in [2.75, 3.05) is 32.6 Å². The van der Waals surface area contributed by atoms with Crippen molar-refractivity contribution in [2.24, 2.45) is 0 Å². The number of carbonyl (C=O) groups is 1. The van der Waals surface area contributed by atoms with Crippen LogP contribution in [0.5, 0.6) is 0 Å². The lowest BCUT2D eigenvalue weighted by Crippen LogP contribution is -2.19. The number of esters is 1. The third-order valence-electron chi connectivity index (χ3n) is 2.49. The highest BCUT2D eigenvalue weighted by Crippen LogP contribution is 2.26. The van der Waals surface area contributed by atoms with Crippen molar-refractivity contribution in [3.8, 4) is 0 Å². The molecule has 112 valence electrons. The van der Waals surface area contributed by atoms with Gasteiger partial charge in [-0.2, -0.15) is 0 Å². The minimum atomic E-state index is -0.334. The van der Waals surface area contributed by atoms with Gasteiger partial charge in [0.15, 0.2) is 0 Å². The molecule has 0 aliphatic rings. The van der Waals surface area contributed by atoms with Crippen LogP contribution in [0.25, 0.3) is 0 Å². The summed E-state index contributed by atoms with van der Waals surface area (Å²) in [6, 6.07) is 4.90. The number of carbonyl (C=O) groups excluding carboxylic acids is 1. The number of halogens is 1. The molecular formula is C14H20FNO3S. The number of rotatable bonds is 9. The third kappa shape index (κ3) is 5.90. The van der Waals surface area contributed by atoms with Crippen LogP contribution in [0.2, 0.25) is 0 Å². The molecule has 1 rings (SSSR count). The quantitative estimate of drug-likeness (QED) is 0.430. The molecule has 1 N–H and O–H groups in total. The van der Waals surface area contributed by atoms with E-state index in [1.807, 2.05) is 6.07 Å². The molecule has 0 saturated carbocycles. The molecule has 4 nitrogen and oxygen atoms in total. The Morgan fingerprint density at radius 3 is 2.95 bits per heavy atom. The molecule has 0 amide bonds. The first kappa shape index (κ1) is 16.9. The zero-order chi connectivity index (χ0) is 14.8. The van der Waals surface area contributed by atoms with Crippen LogP contribution in [0, 0.1) is 5.82 Å². The van der Waals surface area contributed by atoms with Gasteiger partial charge in [-0.3, -0.25) is 4.79 Å². The Kier molecular flexibility index (Phi) is 8.25. The van der Waals surface area contributed by atoms with E-state index in [4.69, 9.17) is 9.47 Å². The number of benzene rings is 1. The van der Waals surface area contributed by atoms with Gasteiger partial charge in [0.05, 0.1) is 19.0 Å². The fourth-order valence-corrected chi connectivity index (χ4v) is 2.46. The summed E-state index contributed by atoms with van der Waals surface area (Å²) >= 11 is 1.16. The molecule has 0 aromatic heterocycles. The van der Waals surface area contributed by atoms with Gasteiger partial charge < -0.3 is 14.8 Å². The largest absolute Gasteiger partial charge is 0.465 e. The summed E-state index contributed by atoms with van der Waals surface area (Å²) in [6.07, 6.45) is 0. The van der Waals surface area contributed by atoms with E-state index in [0.717, 1.165) is 17.3 Å². The molecule has 20 heavy (non-hydrogen) atoms. The van der Waals surface area contributed by atoms with E-state index in [2.05, 4.69) is 5.32 Å². The zero-order valence-electron chi connectivity index (χ0n) is 11.8. The van der Waals surface area contributed by atoms with E-state index >= 15 is 0 Å². The molecule has 0 heterocycles. The van der Waals surface area contributed by atoms with Gasteiger partial charge in [0.2, 0.25) is 0 Å². The third-order valence-corrected chi connectivity index (χ3v) is 3.61. The number of nitrogens with one attached hydrogen (secondary N) is 1. The highest BCUT2D eigenvalue weighted by molar-refractivity contribution is 8.00. The van der Waals surface area contributed by atoms with Crippen molar-refractivity contribution in [1.82, 2.24) is 5.32 Å². The Labute approximate surface area is 123 Å². The van der Waals surface area contributed by atoms with E-state index in [9.17, 15) is 9.18 Å². The molecule has 0 atom stereocenters. The molecule has 0 radical (unpaired) electrons. The van der Waals surface area contributed by atoms with Gasteiger partial charge in [0.1, 0.15) is 5.82 Å². The lowest BCUT2D eigenvalue weighted by molar-refractivity contribution is -0.139. The van der Waals surface area contributed by atoms with Gasteiger partial charge in [-0.1, -0.05) is 12.1 Å². The second-order valence-corrected chi connectivity index (χ2v) is 4.98. The maximum atomic E-state index is 13.8. The van der Waals surface area contributed by atoms with Gasteiger partial charge in [-0.25, -0.2) is 4.39 Å². The van der Waals surface area contributed by atoms with Crippen molar-refractivity contribution < 1.29 is 18.7 Å². The summed E-state index contributed by atoms with van der Waals surface area (Å²) in [5.74, 6) is -0.538. The van der Waals surface area contributed by atoms with Crippen molar-refractivity contribution in [3.63, 3.8) is 0 Å². The second kappa shape index (κ2) is 9.74. The van der Waals surface area contributed by atoms with E-state index in [-0.39, 0.29) is 17.5 Å². The normalized spacial score (nSPS) is 10.6. The van der Waals surface area contributed by atoms with E-state index in [1.54, 1.807) is 20.1 Å². The molecule has 1 aromatic rings. The van der Waals surface area contributed by atoms with Gasteiger partial charge in [0.25, 0.3) is 0 Å². The summed E-state index contributed by atoms with van der Waals surface area (Å²) in [7, 11) is 1.63. The Morgan fingerprint density at radius 1 is 1.45 bits per heavy atom. The maximum Gasteiger partial charge on any atom is 0.316 e. The first-order valence-corrected chi connectivity index (χ1v) is 7.43. The second-order valence-electron chi connectivity index (χ2n) is 3.99. The lowest BCUT2D eigenvalue weighted by atomic mass is 10.2. The zero-order valence-corrected chi connectivity index (χ0v) is 12.6. The summed E-state index contributed by atoms with van der Waals surface area (Å²) in [5, 5.41) is 3.16. The monoisotopic (exact) mass is 301 g/mol. The smallest absolute Gasteiger partial charge is 0.316 e. The SMILES string of the molecule is CCOC(=O)CSc1c(F)cccc1CNCCOC. The summed E-state index contributed by atoms with van der Waals surface area (Å²) < 4.78 is 23.6. The van der Waals surface area contributed by atoms with Gasteiger partial charge in [-0.15, -0.1) is 11.8 Å². The Hall–Kier alpha value is -1.11.